The Hall–Kier alpha value is -7.41. The number of aromatic nitrogens is 6. The minimum absolute atomic E-state index is 0.00408. The number of pyridine rings is 2. The Kier molecular flexibility index (Phi) is 12.4. The average molecular weight is 881 g/mol. The van der Waals surface area contributed by atoms with Crippen LogP contribution in [0.2, 0.25) is 0 Å². The minimum Gasteiger partial charge on any atom is -0.384 e. The summed E-state index contributed by atoms with van der Waals surface area (Å²) in [6.07, 6.45) is 2.55. The lowest BCUT2D eigenvalue weighted by atomic mass is 9.94. The molecule has 0 bridgehead atoms. The summed E-state index contributed by atoms with van der Waals surface area (Å²) in [5.41, 5.74) is 20.1. The lowest BCUT2D eigenvalue weighted by Crippen LogP contribution is -2.41. The van der Waals surface area contributed by atoms with Crippen molar-refractivity contribution in [3.05, 3.63) is 133 Å². The number of carbonyl (C=O) groups excluding carboxylic acids is 1. The van der Waals surface area contributed by atoms with Crippen LogP contribution in [0.3, 0.4) is 0 Å². The van der Waals surface area contributed by atoms with Crippen LogP contribution in [0, 0.1) is 11.6 Å². The van der Waals surface area contributed by atoms with Crippen molar-refractivity contribution in [3.63, 3.8) is 0 Å². The van der Waals surface area contributed by atoms with E-state index < -0.39 is 37.8 Å². The van der Waals surface area contributed by atoms with E-state index in [0.29, 0.717) is 28.6 Å². The van der Waals surface area contributed by atoms with Crippen LogP contribution in [0.1, 0.15) is 25.5 Å². The van der Waals surface area contributed by atoms with Crippen molar-refractivity contribution in [2.24, 2.45) is 0 Å². The first kappa shape index (κ1) is 43.7. The smallest absolute Gasteiger partial charge is 0.384 e. The molecule has 0 unspecified atom stereocenters. The molecule has 0 aliphatic carbocycles. The van der Waals surface area contributed by atoms with Gasteiger partial charge in [-0.3, -0.25) is 4.79 Å². The number of piperidine rings is 1. The number of nitrogens with two attached hydrogens (primary N) is 3. The summed E-state index contributed by atoms with van der Waals surface area (Å²) in [5, 5.41) is -1.82. The lowest BCUT2D eigenvalue weighted by molar-refractivity contribution is -0.141. The minimum atomic E-state index is -4.88. The van der Waals surface area contributed by atoms with Gasteiger partial charge in [-0.2, -0.15) is 13.2 Å². The van der Waals surface area contributed by atoms with Crippen molar-refractivity contribution in [2.75, 3.05) is 30.3 Å². The Morgan fingerprint density at radius 3 is 1.54 bits per heavy atom. The van der Waals surface area contributed by atoms with Gasteiger partial charge in [0, 0.05) is 84.4 Å². The van der Waals surface area contributed by atoms with Gasteiger partial charge in [-0.1, -0.05) is 48.5 Å². The number of sulfone groups is 1. The van der Waals surface area contributed by atoms with E-state index in [0.717, 1.165) is 34.4 Å². The standard InChI is InChI=1S/C23H21F4N5O3S.C21H16FN5/c1-13(33)32-8-6-16(7-9-32)36(34,35)21-18(4-5-20(31-21)23(25,26)27)14-2-3-17(19(24)10-14)15-11-29-22(28)30-12-15;22-19-9-13(5-7-18(19)15-11-26-21(24)27-12-15)16-3-1-2-4-17(16)14-6-8-20(23)25-10-14/h2-5,10-12,16H,6-9H2,1H3,(H2,28,29,30);1-12H,(H2,23,25)(H2,24,26,27). The molecule has 5 heterocycles. The number of nitrogen functional groups attached to an aromatic ring is 3. The van der Waals surface area contributed by atoms with Crippen molar-refractivity contribution in [1.82, 2.24) is 34.8 Å². The number of rotatable bonds is 7. The Bertz CT molecular complexity index is 2900. The summed E-state index contributed by atoms with van der Waals surface area (Å²) in [7, 11) is -4.36. The van der Waals surface area contributed by atoms with E-state index in [1.165, 1.54) is 54.8 Å². The molecule has 1 amide bonds. The molecule has 7 aromatic rings. The van der Waals surface area contributed by atoms with Crippen molar-refractivity contribution in [2.45, 2.75) is 36.2 Å². The van der Waals surface area contributed by atoms with Crippen LogP contribution in [-0.2, 0) is 20.8 Å². The summed E-state index contributed by atoms with van der Waals surface area (Å²) in [6.45, 7) is 1.66. The molecule has 19 heteroatoms. The van der Waals surface area contributed by atoms with Gasteiger partial charge in [0.2, 0.25) is 17.8 Å². The zero-order chi connectivity index (χ0) is 45.1. The SMILES string of the molecule is CC(=O)N1CCC(S(=O)(=O)c2nc(C(F)(F)F)ccc2-c2ccc(-c3cnc(N)nc3)c(F)c2)CC1.Nc1ccc(-c2ccccc2-c2ccc(-c3cnc(N)nc3)c(F)c2)cn1. The fraction of sp³-hybridized carbons (Fsp3) is 0.159. The van der Waals surface area contributed by atoms with E-state index in [-0.39, 0.29) is 66.2 Å². The maximum atomic E-state index is 15.0. The van der Waals surface area contributed by atoms with Crippen molar-refractivity contribution in [3.8, 4) is 55.6 Å². The monoisotopic (exact) mass is 880 g/mol. The van der Waals surface area contributed by atoms with E-state index >= 15 is 4.39 Å². The van der Waals surface area contributed by atoms with Crippen LogP contribution >= 0.6 is 0 Å². The number of anilines is 3. The van der Waals surface area contributed by atoms with Gasteiger partial charge < -0.3 is 22.1 Å². The Balaban J connectivity index is 0.000000196. The average Bonchev–Trinajstić information content (AvgIpc) is 3.27. The molecule has 1 aliphatic rings. The van der Waals surface area contributed by atoms with E-state index in [9.17, 15) is 30.8 Å². The van der Waals surface area contributed by atoms with E-state index in [1.807, 2.05) is 36.4 Å². The van der Waals surface area contributed by atoms with Crippen LogP contribution in [0.25, 0.3) is 55.6 Å². The van der Waals surface area contributed by atoms with Crippen molar-refractivity contribution < 1.29 is 35.2 Å². The normalized spacial score (nSPS) is 13.3. The second-order valence-corrected chi connectivity index (χ2v) is 16.5. The molecule has 322 valence electrons. The fourth-order valence-corrected chi connectivity index (χ4v) is 8.88. The van der Waals surface area contributed by atoms with Crippen LogP contribution in [-0.4, -0.2) is 67.5 Å². The number of likely N-dealkylation sites (tertiary alicyclic amines) is 1. The van der Waals surface area contributed by atoms with Gasteiger partial charge in [-0.25, -0.2) is 47.1 Å². The number of nitrogens with zero attached hydrogens (tertiary/aromatic N) is 7. The van der Waals surface area contributed by atoms with Gasteiger partial charge >= 0.3 is 6.18 Å². The quantitative estimate of drug-likeness (QED) is 0.131. The molecule has 3 aromatic carbocycles. The highest BCUT2D eigenvalue weighted by Crippen LogP contribution is 2.38. The second kappa shape index (κ2) is 17.9. The molecule has 13 nitrogen and oxygen atoms in total. The number of carbonyl (C=O) groups is 1. The molecule has 0 radical (unpaired) electrons. The van der Waals surface area contributed by atoms with E-state index in [2.05, 4.69) is 29.9 Å². The third kappa shape index (κ3) is 9.73. The molecule has 1 saturated heterocycles. The summed E-state index contributed by atoms with van der Waals surface area (Å²) >= 11 is 0. The highest BCUT2D eigenvalue weighted by atomic mass is 32.2. The first-order valence-electron chi connectivity index (χ1n) is 19.1. The fourth-order valence-electron chi connectivity index (χ4n) is 7.01. The molecule has 1 fully saturated rings. The van der Waals surface area contributed by atoms with Gasteiger partial charge in [-0.15, -0.1) is 0 Å². The maximum absolute atomic E-state index is 15.0. The molecular weight excluding hydrogens is 844 g/mol. The zero-order valence-electron chi connectivity index (χ0n) is 33.3. The van der Waals surface area contributed by atoms with E-state index in [4.69, 9.17) is 17.2 Å². The van der Waals surface area contributed by atoms with Gasteiger partial charge in [-0.05, 0) is 71.5 Å². The molecular formula is C44H37F5N10O3S. The number of alkyl halides is 3. The Morgan fingerprint density at radius 1 is 0.619 bits per heavy atom. The molecule has 0 saturated carbocycles. The number of amides is 1. The van der Waals surface area contributed by atoms with Crippen molar-refractivity contribution in [1.29, 1.82) is 0 Å². The van der Waals surface area contributed by atoms with Gasteiger partial charge in [0.15, 0.2) is 14.9 Å². The molecule has 0 spiro atoms. The molecule has 0 atom stereocenters. The summed E-state index contributed by atoms with van der Waals surface area (Å²) < 4.78 is 97.1. The first-order valence-corrected chi connectivity index (χ1v) is 20.7. The number of hydrogen-bond donors (Lipinski definition) is 3. The van der Waals surface area contributed by atoms with E-state index in [1.54, 1.807) is 18.3 Å². The zero-order valence-corrected chi connectivity index (χ0v) is 34.1. The predicted octanol–water partition coefficient (Wildman–Crippen LogP) is 7.91. The highest BCUT2D eigenvalue weighted by Gasteiger charge is 2.39. The summed E-state index contributed by atoms with van der Waals surface area (Å²) in [5.74, 6) is -0.731. The summed E-state index contributed by atoms with van der Waals surface area (Å²) in [4.78, 5) is 36.2. The topological polar surface area (TPSA) is 210 Å². The van der Waals surface area contributed by atoms with Gasteiger partial charge in [0.05, 0.1) is 5.25 Å². The van der Waals surface area contributed by atoms with Gasteiger partial charge in [0.25, 0.3) is 0 Å². The summed E-state index contributed by atoms with van der Waals surface area (Å²) in [6, 6.07) is 21.9. The predicted molar refractivity (Wildman–Crippen MR) is 227 cm³/mol. The molecule has 63 heavy (non-hydrogen) atoms. The van der Waals surface area contributed by atoms with Gasteiger partial charge in [0.1, 0.15) is 23.1 Å². The largest absolute Gasteiger partial charge is 0.433 e. The molecule has 6 N–H and O–H groups in total. The second-order valence-electron chi connectivity index (χ2n) is 14.4. The number of benzene rings is 3. The lowest BCUT2D eigenvalue weighted by Gasteiger charge is -2.31. The van der Waals surface area contributed by atoms with Crippen molar-refractivity contribution >= 4 is 33.5 Å². The Labute approximate surface area is 357 Å². The third-order valence-corrected chi connectivity index (χ3v) is 12.5. The molecule has 1 aliphatic heterocycles. The highest BCUT2D eigenvalue weighted by molar-refractivity contribution is 7.92. The maximum Gasteiger partial charge on any atom is 0.433 e. The Morgan fingerprint density at radius 2 is 1.08 bits per heavy atom. The molecule has 4 aromatic heterocycles. The van der Waals surface area contributed by atoms with Crippen LogP contribution in [0.4, 0.5) is 39.7 Å². The number of halogens is 5. The van der Waals surface area contributed by atoms with Crippen LogP contribution in [0.15, 0.2) is 121 Å². The number of hydrogen-bond acceptors (Lipinski definition) is 12. The molecule has 8 rings (SSSR count). The third-order valence-electron chi connectivity index (χ3n) is 10.3. The van der Waals surface area contributed by atoms with Crippen LogP contribution in [0.5, 0.6) is 0 Å². The first-order chi connectivity index (χ1) is 30.0. The van der Waals surface area contributed by atoms with Crippen LogP contribution < -0.4 is 17.2 Å².